The van der Waals surface area contributed by atoms with Crippen LogP contribution in [0.2, 0.25) is 0 Å². The van der Waals surface area contributed by atoms with Crippen LogP contribution in [0.5, 0.6) is 0 Å². The minimum atomic E-state index is -0.652. The Labute approximate surface area is 264 Å². The van der Waals surface area contributed by atoms with Crippen LogP contribution in [-0.2, 0) is 0 Å². The van der Waals surface area contributed by atoms with Crippen LogP contribution in [0.1, 0.15) is 15.1 Å². The van der Waals surface area contributed by atoms with Crippen LogP contribution >= 0.6 is 0 Å². The molecule has 43 heavy (non-hydrogen) atoms. The average Bonchev–Trinajstić information content (AvgIpc) is 3.60. The van der Waals surface area contributed by atoms with Crippen molar-refractivity contribution in [3.05, 3.63) is 151 Å². The first-order valence-corrected chi connectivity index (χ1v) is 13.4. The summed E-state index contributed by atoms with van der Waals surface area (Å²) in [5, 5.41) is -0.394. The van der Waals surface area contributed by atoms with Crippen molar-refractivity contribution in [1.29, 1.82) is 0 Å². The van der Waals surface area contributed by atoms with Crippen molar-refractivity contribution in [2.45, 2.75) is 0 Å². The lowest BCUT2D eigenvalue weighted by Crippen LogP contribution is -2.00. The van der Waals surface area contributed by atoms with E-state index in [4.69, 9.17) is 28.1 Å². The fourth-order valence-electron chi connectivity index (χ4n) is 4.93. The van der Waals surface area contributed by atoms with Gasteiger partial charge in [0, 0.05) is 27.5 Å². The molecule has 0 aliphatic heterocycles. The van der Waals surface area contributed by atoms with E-state index >= 15 is 0 Å². The molecular weight excluding hydrogens is 526 g/mol. The molecule has 0 aliphatic carbocycles. The van der Waals surface area contributed by atoms with Gasteiger partial charge in [-0.05, 0) is 46.4 Å². The van der Waals surface area contributed by atoms with Crippen LogP contribution in [0.3, 0.4) is 0 Å². The van der Waals surface area contributed by atoms with E-state index < -0.39 is 66.5 Å². The van der Waals surface area contributed by atoms with Crippen molar-refractivity contribution >= 4 is 21.9 Å². The number of rotatable bonds is 5. The van der Waals surface area contributed by atoms with Gasteiger partial charge >= 0.3 is 0 Å². The topological polar surface area (TPSA) is 51.8 Å². The third-order valence-electron chi connectivity index (χ3n) is 6.94. The SMILES string of the molecule is [2H]c1c([2H])c(-c2nc(-c3ccccc3)nc(-c3cccc(-c4ccccc4)c3)n2)c([2H])c(-c2c([2H])c([2H])c([2H])c3oc4c([2H])c([2H])c([2H])c([2H])c4c23)c1[2H]. The summed E-state index contributed by atoms with van der Waals surface area (Å²) in [6, 6.07) is 19.7. The molecule has 0 fully saturated rings. The molecule has 0 unspecified atom stereocenters. The van der Waals surface area contributed by atoms with Gasteiger partial charge in [-0.25, -0.2) is 15.0 Å². The fraction of sp³-hybridized carbons (Fsp3) is 0. The quantitative estimate of drug-likeness (QED) is 0.209. The normalized spacial score (nSPS) is 14.8. The van der Waals surface area contributed by atoms with Crippen LogP contribution in [0.25, 0.3) is 78.4 Å². The zero-order valence-electron chi connectivity index (χ0n) is 33.3. The molecule has 0 spiro atoms. The average molecular weight is 563 g/mol. The number of hydrogen-bond donors (Lipinski definition) is 0. The van der Waals surface area contributed by atoms with Gasteiger partial charge in [-0.3, -0.25) is 0 Å². The molecule has 0 saturated heterocycles. The molecule has 0 bridgehead atoms. The molecule has 4 nitrogen and oxygen atoms in total. The summed E-state index contributed by atoms with van der Waals surface area (Å²) in [6.07, 6.45) is 0. The second kappa shape index (κ2) is 10.5. The molecule has 0 radical (unpaired) electrons. The van der Waals surface area contributed by atoms with Crippen LogP contribution in [0, 0.1) is 0 Å². The molecule has 6 aromatic carbocycles. The summed E-state index contributed by atoms with van der Waals surface area (Å²) in [4.78, 5) is 14.2. The van der Waals surface area contributed by atoms with Gasteiger partial charge in [-0.2, -0.15) is 0 Å². The molecular formula is C39H25N3O. The summed E-state index contributed by atoms with van der Waals surface area (Å²) in [5.74, 6) is 0.236. The van der Waals surface area contributed by atoms with Crippen LogP contribution in [-0.4, -0.2) is 15.0 Å². The monoisotopic (exact) mass is 562 g/mol. The van der Waals surface area contributed by atoms with E-state index in [0.717, 1.165) is 11.1 Å². The molecule has 2 heterocycles. The molecule has 8 rings (SSSR count). The molecule has 0 amide bonds. The standard InChI is InChI=1S/C39H25N3O/c1-3-12-26(13-4-1)28-16-9-18-30(24-28)38-40-37(27-14-5-2-6-15-27)41-39(42-38)31-19-10-17-29(25-31)32-21-11-23-35-36(32)33-20-7-8-22-34(33)43-35/h1-25H/i7D,8D,10D,11D,17D,19D,20D,21D,22D,23D,25D. The lowest BCUT2D eigenvalue weighted by molar-refractivity contribution is 0.669. The predicted molar refractivity (Wildman–Crippen MR) is 174 cm³/mol. The Bertz CT molecular complexity index is 2850. The molecule has 0 saturated carbocycles. The van der Waals surface area contributed by atoms with E-state index in [1.54, 1.807) is 24.3 Å². The first kappa shape index (κ1) is 15.9. The van der Waals surface area contributed by atoms with Crippen molar-refractivity contribution in [2.75, 3.05) is 0 Å². The van der Waals surface area contributed by atoms with Crippen molar-refractivity contribution < 1.29 is 19.5 Å². The third-order valence-corrected chi connectivity index (χ3v) is 6.94. The van der Waals surface area contributed by atoms with Gasteiger partial charge in [0.25, 0.3) is 0 Å². The number of hydrogen-bond acceptors (Lipinski definition) is 4. The highest BCUT2D eigenvalue weighted by molar-refractivity contribution is 6.12. The van der Waals surface area contributed by atoms with Crippen molar-refractivity contribution in [3.8, 4) is 56.4 Å². The highest BCUT2D eigenvalue weighted by Gasteiger charge is 2.16. The predicted octanol–water partition coefficient (Wildman–Crippen LogP) is 10.1. The maximum atomic E-state index is 9.53. The number of benzene rings is 6. The molecule has 8 aromatic rings. The van der Waals surface area contributed by atoms with Crippen molar-refractivity contribution in [2.24, 2.45) is 0 Å². The largest absolute Gasteiger partial charge is 0.456 e. The summed E-state index contributed by atoms with van der Waals surface area (Å²) in [6.45, 7) is 0. The molecule has 2 aromatic heterocycles. The Morgan fingerprint density at radius 3 is 1.88 bits per heavy atom. The Kier molecular flexibility index (Phi) is 3.90. The maximum absolute atomic E-state index is 9.53. The number of aromatic nitrogens is 3. The third kappa shape index (κ3) is 4.65. The molecule has 0 atom stereocenters. The summed E-state index contributed by atoms with van der Waals surface area (Å²) < 4.78 is 102. The highest BCUT2D eigenvalue weighted by atomic mass is 16.3. The van der Waals surface area contributed by atoms with Gasteiger partial charge in [0.15, 0.2) is 17.5 Å². The van der Waals surface area contributed by atoms with E-state index in [9.17, 15) is 1.37 Å². The Hall–Kier alpha value is -5.87. The van der Waals surface area contributed by atoms with E-state index in [-0.39, 0.29) is 56.1 Å². The van der Waals surface area contributed by atoms with Gasteiger partial charge in [-0.15, -0.1) is 0 Å². The Balaban J connectivity index is 1.46. The number of furan rings is 1. The number of fused-ring (bicyclic) bond motifs is 3. The van der Waals surface area contributed by atoms with Gasteiger partial charge in [-0.1, -0.05) is 127 Å². The zero-order chi connectivity index (χ0) is 38.2. The van der Waals surface area contributed by atoms with Gasteiger partial charge in [0.2, 0.25) is 0 Å². The van der Waals surface area contributed by atoms with Crippen molar-refractivity contribution in [3.63, 3.8) is 0 Å². The van der Waals surface area contributed by atoms with Gasteiger partial charge < -0.3 is 4.42 Å². The number of para-hydroxylation sites is 1. The second-order valence-electron chi connectivity index (χ2n) is 9.63. The van der Waals surface area contributed by atoms with Gasteiger partial charge in [0.1, 0.15) is 11.2 Å². The Morgan fingerprint density at radius 1 is 0.465 bits per heavy atom. The van der Waals surface area contributed by atoms with E-state index in [2.05, 4.69) is 4.98 Å². The smallest absolute Gasteiger partial charge is 0.164 e. The zero-order valence-corrected chi connectivity index (χ0v) is 22.3. The molecule has 0 N–H and O–H groups in total. The fourth-order valence-corrected chi connectivity index (χ4v) is 4.93. The summed E-state index contributed by atoms with van der Waals surface area (Å²) in [7, 11) is 0. The first-order valence-electron chi connectivity index (χ1n) is 18.9. The molecule has 202 valence electrons. The minimum absolute atomic E-state index is 0.168. The molecule has 4 heteroatoms. The summed E-state index contributed by atoms with van der Waals surface area (Å²) >= 11 is 0. The van der Waals surface area contributed by atoms with Gasteiger partial charge in [0.05, 0.1) is 15.1 Å². The first-order chi connectivity index (χ1) is 25.9. The van der Waals surface area contributed by atoms with Crippen LogP contribution in [0.4, 0.5) is 0 Å². The van der Waals surface area contributed by atoms with E-state index in [1.807, 2.05) is 60.7 Å². The molecule has 0 aliphatic rings. The highest BCUT2D eigenvalue weighted by Crippen LogP contribution is 2.37. The number of nitrogens with zero attached hydrogens (tertiary/aromatic N) is 3. The lowest BCUT2D eigenvalue weighted by Gasteiger charge is -2.11. The van der Waals surface area contributed by atoms with E-state index in [1.165, 1.54) is 0 Å². The summed E-state index contributed by atoms with van der Waals surface area (Å²) in [5.41, 5.74) is 1.37. The van der Waals surface area contributed by atoms with E-state index in [0.29, 0.717) is 11.1 Å². The minimum Gasteiger partial charge on any atom is -0.456 e. The van der Waals surface area contributed by atoms with Crippen LogP contribution in [0.15, 0.2) is 156 Å². The lowest BCUT2D eigenvalue weighted by atomic mass is 9.98. The Morgan fingerprint density at radius 2 is 1.07 bits per heavy atom. The maximum Gasteiger partial charge on any atom is 0.164 e. The van der Waals surface area contributed by atoms with Crippen molar-refractivity contribution in [1.82, 2.24) is 15.0 Å². The van der Waals surface area contributed by atoms with Crippen LogP contribution < -0.4 is 0 Å². The second-order valence-corrected chi connectivity index (χ2v) is 9.63.